The van der Waals surface area contributed by atoms with Crippen LogP contribution in [0.5, 0.6) is 0 Å². The largest absolute Gasteiger partial charge is 0.325 e. The lowest BCUT2D eigenvalue weighted by molar-refractivity contribution is -0.113. The van der Waals surface area contributed by atoms with Gasteiger partial charge < -0.3 is 9.88 Å². The Morgan fingerprint density at radius 2 is 2.14 bits per heavy atom. The Balaban J connectivity index is 2.11. The number of carbonyl (C=O) groups is 1. The molecule has 1 amide bonds. The number of aromatic nitrogens is 2. The number of imidazole rings is 1. The lowest BCUT2D eigenvalue weighted by Crippen LogP contribution is -2.24. The number of hydrogen-bond acceptors (Lipinski definition) is 4. The minimum atomic E-state index is -3.78. The van der Waals surface area contributed by atoms with Crippen LogP contribution < -0.4 is 5.32 Å². The van der Waals surface area contributed by atoms with Crippen molar-refractivity contribution in [2.75, 3.05) is 11.1 Å². The van der Waals surface area contributed by atoms with Gasteiger partial charge in [-0.2, -0.15) is 0 Å². The Hall–Kier alpha value is -1.86. The van der Waals surface area contributed by atoms with Crippen molar-refractivity contribution in [2.45, 2.75) is 12.1 Å². The monoisotopic (exact) mass is 327 g/mol. The number of halogens is 1. The Bertz CT molecular complexity index is 784. The zero-order valence-electron chi connectivity index (χ0n) is 11.5. The van der Waals surface area contributed by atoms with Gasteiger partial charge in [-0.15, -0.1) is 0 Å². The molecule has 0 aliphatic carbocycles. The molecule has 21 heavy (non-hydrogen) atoms. The standard InChI is InChI=1S/C13H14ClN3O3S/c1-9-3-4-10(7-11(9)14)16-12(18)8-21(19,20)13-15-5-6-17(13)2/h3-7H,8H2,1-2H3,(H,16,18). The highest BCUT2D eigenvalue weighted by Crippen LogP contribution is 2.20. The first kappa shape index (κ1) is 15.5. The van der Waals surface area contributed by atoms with Crippen molar-refractivity contribution >= 4 is 33.0 Å². The molecule has 0 aliphatic rings. The second-order valence-corrected chi connectivity index (χ2v) is 6.88. The third-order valence-electron chi connectivity index (χ3n) is 2.83. The molecule has 8 heteroatoms. The smallest absolute Gasteiger partial charge is 0.240 e. The third kappa shape index (κ3) is 3.62. The van der Waals surface area contributed by atoms with Gasteiger partial charge in [-0.05, 0) is 24.6 Å². The highest BCUT2D eigenvalue weighted by molar-refractivity contribution is 7.92. The maximum atomic E-state index is 12.1. The van der Waals surface area contributed by atoms with E-state index in [9.17, 15) is 13.2 Å². The number of rotatable bonds is 4. The first-order valence-corrected chi connectivity index (χ1v) is 8.09. The van der Waals surface area contributed by atoms with Crippen LogP contribution >= 0.6 is 11.6 Å². The molecule has 112 valence electrons. The van der Waals surface area contributed by atoms with Crippen LogP contribution in [0, 0.1) is 6.92 Å². The summed E-state index contributed by atoms with van der Waals surface area (Å²) in [4.78, 5) is 15.6. The molecule has 6 nitrogen and oxygen atoms in total. The second kappa shape index (κ2) is 5.87. The zero-order chi connectivity index (χ0) is 15.6. The van der Waals surface area contributed by atoms with Crippen molar-refractivity contribution in [2.24, 2.45) is 7.05 Å². The van der Waals surface area contributed by atoms with E-state index in [0.717, 1.165) is 5.56 Å². The Morgan fingerprint density at radius 3 is 2.71 bits per heavy atom. The molecule has 0 radical (unpaired) electrons. The number of sulfone groups is 1. The van der Waals surface area contributed by atoms with Gasteiger partial charge in [0, 0.05) is 30.2 Å². The predicted octanol–water partition coefficient (Wildman–Crippen LogP) is 1.79. The number of carbonyl (C=O) groups excluding carboxylic acids is 1. The van der Waals surface area contributed by atoms with Crippen LogP contribution in [-0.4, -0.2) is 29.6 Å². The summed E-state index contributed by atoms with van der Waals surface area (Å²) >= 11 is 5.95. The normalized spacial score (nSPS) is 11.4. The number of hydrogen-bond donors (Lipinski definition) is 1. The average molecular weight is 328 g/mol. The number of nitrogens with zero attached hydrogens (tertiary/aromatic N) is 2. The molecule has 1 heterocycles. The van der Waals surface area contributed by atoms with E-state index in [4.69, 9.17) is 11.6 Å². The van der Waals surface area contributed by atoms with Gasteiger partial charge in [-0.3, -0.25) is 4.79 Å². The molecule has 0 aliphatic heterocycles. The summed E-state index contributed by atoms with van der Waals surface area (Å²) in [6, 6.07) is 4.97. The number of aryl methyl sites for hydroxylation is 2. The van der Waals surface area contributed by atoms with Crippen molar-refractivity contribution in [3.8, 4) is 0 Å². The van der Waals surface area contributed by atoms with Crippen LogP contribution in [0.4, 0.5) is 5.69 Å². The molecule has 0 saturated heterocycles. The number of nitrogens with one attached hydrogen (secondary N) is 1. The Labute approximate surface area is 127 Å². The summed E-state index contributed by atoms with van der Waals surface area (Å²) in [6.07, 6.45) is 2.87. The molecule has 1 N–H and O–H groups in total. The fraction of sp³-hybridized carbons (Fsp3) is 0.231. The van der Waals surface area contributed by atoms with Gasteiger partial charge >= 0.3 is 0 Å². The van der Waals surface area contributed by atoms with E-state index >= 15 is 0 Å². The number of anilines is 1. The molecule has 0 atom stereocenters. The van der Waals surface area contributed by atoms with Crippen LogP contribution in [0.25, 0.3) is 0 Å². The van der Waals surface area contributed by atoms with Crippen LogP contribution in [0.1, 0.15) is 5.56 Å². The lowest BCUT2D eigenvalue weighted by atomic mass is 10.2. The Morgan fingerprint density at radius 1 is 1.43 bits per heavy atom. The molecule has 0 bridgehead atoms. The van der Waals surface area contributed by atoms with Crippen LogP contribution in [0.15, 0.2) is 35.7 Å². The minimum Gasteiger partial charge on any atom is -0.325 e. The van der Waals surface area contributed by atoms with Crippen molar-refractivity contribution in [1.82, 2.24) is 9.55 Å². The lowest BCUT2D eigenvalue weighted by Gasteiger charge is -2.07. The first-order valence-electron chi connectivity index (χ1n) is 6.05. The summed E-state index contributed by atoms with van der Waals surface area (Å²) in [5.41, 5.74) is 1.32. The molecule has 1 aromatic carbocycles. The highest BCUT2D eigenvalue weighted by atomic mass is 35.5. The minimum absolute atomic E-state index is 0.139. The van der Waals surface area contributed by atoms with Gasteiger partial charge in [0.15, 0.2) is 0 Å². The van der Waals surface area contributed by atoms with E-state index in [1.165, 1.54) is 17.0 Å². The van der Waals surface area contributed by atoms with Gasteiger partial charge in [0.05, 0.1) is 0 Å². The molecule has 2 aromatic rings. The van der Waals surface area contributed by atoms with Crippen molar-refractivity contribution < 1.29 is 13.2 Å². The van der Waals surface area contributed by atoms with Crippen molar-refractivity contribution in [1.29, 1.82) is 0 Å². The molecule has 0 fully saturated rings. The van der Waals surface area contributed by atoms with E-state index in [1.54, 1.807) is 25.2 Å². The summed E-state index contributed by atoms with van der Waals surface area (Å²) in [6.45, 7) is 1.83. The molecule has 0 unspecified atom stereocenters. The van der Waals surface area contributed by atoms with E-state index in [2.05, 4.69) is 10.3 Å². The van der Waals surface area contributed by atoms with Crippen LogP contribution in [-0.2, 0) is 21.7 Å². The van der Waals surface area contributed by atoms with Crippen LogP contribution in [0.3, 0.4) is 0 Å². The summed E-state index contributed by atoms with van der Waals surface area (Å²) in [5, 5.41) is 2.87. The Kier molecular flexibility index (Phi) is 4.34. The molecular formula is C13H14ClN3O3S. The number of amides is 1. The second-order valence-electron chi connectivity index (χ2n) is 4.59. The van der Waals surface area contributed by atoms with E-state index in [-0.39, 0.29) is 5.16 Å². The fourth-order valence-electron chi connectivity index (χ4n) is 1.76. The first-order chi connectivity index (χ1) is 9.79. The molecular weight excluding hydrogens is 314 g/mol. The fourth-order valence-corrected chi connectivity index (χ4v) is 3.20. The molecule has 0 spiro atoms. The van der Waals surface area contributed by atoms with Gasteiger partial charge in [0.1, 0.15) is 5.75 Å². The van der Waals surface area contributed by atoms with Crippen molar-refractivity contribution in [3.63, 3.8) is 0 Å². The highest BCUT2D eigenvalue weighted by Gasteiger charge is 2.23. The summed E-state index contributed by atoms with van der Waals surface area (Å²) in [7, 11) is -2.23. The van der Waals surface area contributed by atoms with Gasteiger partial charge in [0.25, 0.3) is 0 Å². The SMILES string of the molecule is Cc1ccc(NC(=O)CS(=O)(=O)c2nccn2C)cc1Cl. The molecule has 1 aromatic heterocycles. The van der Waals surface area contributed by atoms with Gasteiger partial charge in [0.2, 0.25) is 20.9 Å². The number of benzene rings is 1. The summed E-state index contributed by atoms with van der Waals surface area (Å²) < 4.78 is 25.5. The van der Waals surface area contributed by atoms with Gasteiger partial charge in [-0.25, -0.2) is 13.4 Å². The van der Waals surface area contributed by atoms with E-state index < -0.39 is 21.5 Å². The van der Waals surface area contributed by atoms with E-state index in [0.29, 0.717) is 10.7 Å². The third-order valence-corrected chi connectivity index (χ3v) is 4.83. The predicted molar refractivity (Wildman–Crippen MR) is 80.1 cm³/mol. The molecule has 0 saturated carbocycles. The maximum absolute atomic E-state index is 12.1. The van der Waals surface area contributed by atoms with E-state index in [1.807, 2.05) is 6.92 Å². The zero-order valence-corrected chi connectivity index (χ0v) is 13.1. The average Bonchev–Trinajstić information content (AvgIpc) is 2.80. The quantitative estimate of drug-likeness (QED) is 0.928. The summed E-state index contributed by atoms with van der Waals surface area (Å²) in [5.74, 6) is -1.32. The maximum Gasteiger partial charge on any atom is 0.240 e. The van der Waals surface area contributed by atoms with Crippen molar-refractivity contribution in [3.05, 3.63) is 41.2 Å². The van der Waals surface area contributed by atoms with Crippen LogP contribution in [0.2, 0.25) is 5.02 Å². The topological polar surface area (TPSA) is 81.1 Å². The molecule has 2 rings (SSSR count). The van der Waals surface area contributed by atoms with Gasteiger partial charge in [-0.1, -0.05) is 17.7 Å².